The molecule has 0 saturated heterocycles. The van der Waals surface area contributed by atoms with Crippen LogP contribution in [-0.4, -0.2) is 51.5 Å². The van der Waals surface area contributed by atoms with Gasteiger partial charge in [-0.3, -0.25) is 9.59 Å². The van der Waals surface area contributed by atoms with Gasteiger partial charge in [-0.1, -0.05) is 11.6 Å². The summed E-state index contributed by atoms with van der Waals surface area (Å²) in [5, 5.41) is 2.82. The second kappa shape index (κ2) is 7.42. The predicted octanol–water partition coefficient (Wildman–Crippen LogP) is 0.708. The Kier molecular flexibility index (Phi) is 6.17. The number of hydrogen-bond acceptors (Lipinski definition) is 4. The first-order valence-electron chi connectivity index (χ1n) is 6.17. The Hall–Kier alpha value is -1.60. The van der Waals surface area contributed by atoms with E-state index in [0.717, 1.165) is 0 Å². The van der Waals surface area contributed by atoms with E-state index < -0.39 is 15.7 Å². The topological polar surface area (TPSA) is 83.6 Å². The summed E-state index contributed by atoms with van der Waals surface area (Å²) in [6, 6.07) is 5.74. The van der Waals surface area contributed by atoms with Crippen LogP contribution >= 0.6 is 11.6 Å². The molecule has 21 heavy (non-hydrogen) atoms. The molecule has 0 saturated carbocycles. The molecule has 0 radical (unpaired) electrons. The summed E-state index contributed by atoms with van der Waals surface area (Å²) in [4.78, 5) is 24.3. The van der Waals surface area contributed by atoms with Gasteiger partial charge < -0.3 is 10.2 Å². The Morgan fingerprint density at radius 2 is 1.76 bits per heavy atom. The van der Waals surface area contributed by atoms with Crippen molar-refractivity contribution in [2.45, 2.75) is 11.3 Å². The summed E-state index contributed by atoms with van der Waals surface area (Å²) in [6.45, 7) is -0.146. The molecule has 0 aliphatic rings. The van der Waals surface area contributed by atoms with Crippen LogP contribution in [0.3, 0.4) is 0 Å². The number of sulfone groups is 1. The molecule has 0 aliphatic carbocycles. The number of nitrogens with zero attached hydrogens (tertiary/aromatic N) is 1. The number of benzene rings is 1. The van der Waals surface area contributed by atoms with Crippen LogP contribution in [-0.2, 0) is 19.4 Å². The first kappa shape index (κ1) is 17.5. The molecule has 2 amide bonds. The van der Waals surface area contributed by atoms with Gasteiger partial charge in [0.1, 0.15) is 0 Å². The van der Waals surface area contributed by atoms with Gasteiger partial charge in [0.25, 0.3) is 0 Å². The fourth-order valence-electron chi connectivity index (χ4n) is 1.41. The van der Waals surface area contributed by atoms with Crippen LogP contribution in [0.15, 0.2) is 29.2 Å². The maximum Gasteiger partial charge on any atom is 0.241 e. The number of halogens is 1. The van der Waals surface area contributed by atoms with Crippen molar-refractivity contribution in [1.29, 1.82) is 0 Å². The highest BCUT2D eigenvalue weighted by Gasteiger charge is 2.16. The van der Waals surface area contributed by atoms with E-state index in [1.807, 2.05) is 0 Å². The van der Waals surface area contributed by atoms with Crippen molar-refractivity contribution >= 4 is 33.3 Å². The lowest BCUT2D eigenvalue weighted by molar-refractivity contribution is -0.130. The number of nitrogens with one attached hydrogen (secondary N) is 1. The molecule has 1 aromatic rings. The predicted molar refractivity (Wildman–Crippen MR) is 79.8 cm³/mol. The standard InChI is InChI=1S/C13H17ClN2O4S/c1-16(2)13(18)9-15-12(17)7-8-21(19,20)11-5-3-10(14)4-6-11/h3-6H,7-9H2,1-2H3,(H,15,17). The monoisotopic (exact) mass is 332 g/mol. The molecule has 0 bridgehead atoms. The fourth-order valence-corrected chi connectivity index (χ4v) is 2.77. The second-order valence-electron chi connectivity index (χ2n) is 4.59. The van der Waals surface area contributed by atoms with Gasteiger partial charge in [-0.25, -0.2) is 8.42 Å². The maximum atomic E-state index is 12.0. The van der Waals surface area contributed by atoms with Crippen LogP contribution < -0.4 is 5.32 Å². The van der Waals surface area contributed by atoms with Crippen molar-refractivity contribution in [3.63, 3.8) is 0 Å². The van der Waals surface area contributed by atoms with Gasteiger partial charge in [0.05, 0.1) is 17.2 Å². The van der Waals surface area contributed by atoms with Crippen molar-refractivity contribution in [3.8, 4) is 0 Å². The smallest absolute Gasteiger partial charge is 0.241 e. The van der Waals surface area contributed by atoms with Crippen LogP contribution in [0.25, 0.3) is 0 Å². The molecule has 0 spiro atoms. The average molecular weight is 333 g/mol. The van der Waals surface area contributed by atoms with Crippen molar-refractivity contribution in [1.82, 2.24) is 10.2 Å². The number of carbonyl (C=O) groups is 2. The normalized spacial score (nSPS) is 11.0. The first-order chi connectivity index (χ1) is 9.72. The molecular weight excluding hydrogens is 316 g/mol. The van der Waals surface area contributed by atoms with Gasteiger partial charge in [-0.2, -0.15) is 0 Å². The molecule has 0 atom stereocenters. The number of carbonyl (C=O) groups excluding carboxylic acids is 2. The Morgan fingerprint density at radius 3 is 2.29 bits per heavy atom. The second-order valence-corrected chi connectivity index (χ2v) is 7.13. The third kappa shape index (κ3) is 5.73. The number of likely N-dealkylation sites (N-methyl/N-ethyl adjacent to an activating group) is 1. The van der Waals surface area contributed by atoms with Crippen LogP contribution in [0.2, 0.25) is 5.02 Å². The van der Waals surface area contributed by atoms with Crippen LogP contribution in [0.5, 0.6) is 0 Å². The zero-order valence-electron chi connectivity index (χ0n) is 11.8. The molecular formula is C13H17ClN2O4S. The summed E-state index contributed by atoms with van der Waals surface area (Å²) < 4.78 is 24.0. The van der Waals surface area contributed by atoms with Crippen LogP contribution in [0.1, 0.15) is 6.42 Å². The van der Waals surface area contributed by atoms with E-state index >= 15 is 0 Å². The lowest BCUT2D eigenvalue weighted by atomic mass is 10.4. The molecule has 0 fully saturated rings. The summed E-state index contributed by atoms with van der Waals surface area (Å²) in [7, 11) is -0.404. The third-order valence-corrected chi connectivity index (χ3v) is 4.69. The fraction of sp³-hybridized carbons (Fsp3) is 0.385. The van der Waals surface area contributed by atoms with E-state index in [4.69, 9.17) is 11.6 Å². The van der Waals surface area contributed by atoms with E-state index in [1.165, 1.54) is 29.2 Å². The van der Waals surface area contributed by atoms with E-state index in [1.54, 1.807) is 14.1 Å². The van der Waals surface area contributed by atoms with Crippen LogP contribution in [0.4, 0.5) is 0 Å². The van der Waals surface area contributed by atoms with Crippen molar-refractivity contribution in [3.05, 3.63) is 29.3 Å². The van der Waals surface area contributed by atoms with Gasteiger partial charge >= 0.3 is 0 Å². The van der Waals surface area contributed by atoms with Gasteiger partial charge in [-0.05, 0) is 24.3 Å². The van der Waals surface area contributed by atoms with E-state index in [-0.39, 0.29) is 29.5 Å². The van der Waals surface area contributed by atoms with E-state index in [9.17, 15) is 18.0 Å². The van der Waals surface area contributed by atoms with Gasteiger partial charge in [-0.15, -0.1) is 0 Å². The quantitative estimate of drug-likeness (QED) is 0.831. The Morgan fingerprint density at radius 1 is 1.19 bits per heavy atom. The molecule has 0 unspecified atom stereocenters. The lowest BCUT2D eigenvalue weighted by Gasteiger charge is -2.11. The summed E-state index contributed by atoms with van der Waals surface area (Å²) in [5.41, 5.74) is 0. The number of rotatable bonds is 6. The number of hydrogen-bond donors (Lipinski definition) is 1. The molecule has 8 heteroatoms. The van der Waals surface area contributed by atoms with Gasteiger partial charge in [0.15, 0.2) is 9.84 Å². The highest BCUT2D eigenvalue weighted by molar-refractivity contribution is 7.91. The molecule has 1 N–H and O–H groups in total. The minimum absolute atomic E-state index is 0.115. The largest absolute Gasteiger partial charge is 0.347 e. The highest BCUT2D eigenvalue weighted by atomic mass is 35.5. The average Bonchev–Trinajstić information content (AvgIpc) is 2.43. The number of amides is 2. The SMILES string of the molecule is CN(C)C(=O)CNC(=O)CCS(=O)(=O)c1ccc(Cl)cc1. The lowest BCUT2D eigenvalue weighted by Crippen LogP contribution is -2.36. The minimum atomic E-state index is -3.54. The Bertz CT molecular complexity index is 612. The van der Waals surface area contributed by atoms with Crippen molar-refractivity contribution in [2.24, 2.45) is 0 Å². The van der Waals surface area contributed by atoms with Gasteiger partial charge in [0, 0.05) is 25.5 Å². The van der Waals surface area contributed by atoms with Crippen LogP contribution in [0, 0.1) is 0 Å². The Labute approximate surface area is 129 Å². The van der Waals surface area contributed by atoms with E-state index in [0.29, 0.717) is 5.02 Å². The highest BCUT2D eigenvalue weighted by Crippen LogP contribution is 2.15. The molecule has 0 heterocycles. The summed E-state index contributed by atoms with van der Waals surface area (Å²) >= 11 is 5.69. The van der Waals surface area contributed by atoms with Gasteiger partial charge in [0.2, 0.25) is 11.8 Å². The first-order valence-corrected chi connectivity index (χ1v) is 8.20. The third-order valence-electron chi connectivity index (χ3n) is 2.71. The Balaban J connectivity index is 2.52. The molecule has 116 valence electrons. The summed E-state index contributed by atoms with van der Waals surface area (Å²) in [5.74, 6) is -1.07. The molecule has 0 aliphatic heterocycles. The summed E-state index contributed by atoms with van der Waals surface area (Å²) in [6.07, 6.45) is -0.203. The van der Waals surface area contributed by atoms with Crippen molar-refractivity contribution in [2.75, 3.05) is 26.4 Å². The maximum absolute atomic E-state index is 12.0. The van der Waals surface area contributed by atoms with E-state index in [2.05, 4.69) is 5.32 Å². The zero-order chi connectivity index (χ0) is 16.0. The molecule has 1 aromatic carbocycles. The van der Waals surface area contributed by atoms with Crippen molar-refractivity contribution < 1.29 is 18.0 Å². The minimum Gasteiger partial charge on any atom is -0.347 e. The molecule has 6 nitrogen and oxygen atoms in total. The zero-order valence-corrected chi connectivity index (χ0v) is 13.4. The molecule has 0 aromatic heterocycles. The molecule has 1 rings (SSSR count).